The van der Waals surface area contributed by atoms with Crippen LogP contribution in [0.2, 0.25) is 0 Å². The van der Waals surface area contributed by atoms with Crippen LogP contribution in [0.3, 0.4) is 0 Å². The number of hydrogen-bond acceptors (Lipinski definition) is 6. The van der Waals surface area contributed by atoms with Crippen LogP contribution in [-0.4, -0.2) is 48.3 Å². The third kappa shape index (κ3) is 5.09. The smallest absolute Gasteiger partial charge is 0.274 e. The van der Waals surface area contributed by atoms with Crippen LogP contribution < -0.4 is 0 Å². The highest BCUT2D eigenvalue weighted by Gasteiger charge is 2.50. The average molecular weight is 643 g/mol. The summed E-state index contributed by atoms with van der Waals surface area (Å²) in [5.74, 6) is -0.454. The fourth-order valence-corrected chi connectivity index (χ4v) is 9.06. The minimum Gasteiger partial charge on any atom is -0.274 e. The summed E-state index contributed by atoms with van der Waals surface area (Å²) < 4.78 is 73.0. The molecular formula is C34H31FN4O4S2. The summed E-state index contributed by atoms with van der Waals surface area (Å²) in [6.45, 7) is 4.47. The Labute approximate surface area is 262 Å². The van der Waals surface area contributed by atoms with Gasteiger partial charge in [0.15, 0.2) is 0 Å². The largest absolute Gasteiger partial charge is 0.282 e. The molecule has 2 aliphatic rings. The SMILES string of the molecule is Cc1ccc(S(=O)(=O)N2CC3c4ccccc4CCN3C2c2cn(S(=O)(=O)c3ccc(C)cc3)nc2-c2ccc(F)cc2)cc1. The molecule has 11 heteroatoms. The molecule has 0 bridgehead atoms. The maximum Gasteiger partial charge on any atom is 0.282 e. The van der Waals surface area contributed by atoms with Crippen LogP contribution in [0.4, 0.5) is 4.39 Å². The highest BCUT2D eigenvalue weighted by atomic mass is 32.2. The van der Waals surface area contributed by atoms with Crippen molar-refractivity contribution in [2.75, 3.05) is 13.1 Å². The van der Waals surface area contributed by atoms with Crippen molar-refractivity contribution in [3.8, 4) is 11.3 Å². The molecule has 2 atom stereocenters. The Bertz CT molecular complexity index is 2110. The van der Waals surface area contributed by atoms with E-state index in [1.807, 2.05) is 32.0 Å². The van der Waals surface area contributed by atoms with Gasteiger partial charge in [-0.1, -0.05) is 59.7 Å². The van der Waals surface area contributed by atoms with Crippen molar-refractivity contribution in [3.05, 3.63) is 137 Å². The first-order chi connectivity index (χ1) is 21.5. The van der Waals surface area contributed by atoms with Crippen LogP contribution in [0, 0.1) is 19.7 Å². The van der Waals surface area contributed by atoms with Gasteiger partial charge in [-0.2, -0.15) is 21.9 Å². The molecule has 7 rings (SSSR count). The lowest BCUT2D eigenvalue weighted by molar-refractivity contribution is 0.155. The van der Waals surface area contributed by atoms with Crippen molar-refractivity contribution >= 4 is 20.0 Å². The van der Waals surface area contributed by atoms with E-state index in [2.05, 4.69) is 16.1 Å². The summed E-state index contributed by atoms with van der Waals surface area (Å²) in [6, 6.07) is 26.5. The van der Waals surface area contributed by atoms with E-state index in [0.717, 1.165) is 26.3 Å². The van der Waals surface area contributed by atoms with E-state index in [-0.39, 0.29) is 28.1 Å². The van der Waals surface area contributed by atoms with Gasteiger partial charge in [0.05, 0.1) is 21.5 Å². The number of benzene rings is 4. The molecule has 0 amide bonds. The Hall–Kier alpha value is -4.16. The number of rotatable bonds is 6. The summed E-state index contributed by atoms with van der Waals surface area (Å²) in [7, 11) is -8.20. The Morgan fingerprint density at radius 2 is 1.33 bits per heavy atom. The van der Waals surface area contributed by atoms with E-state index in [1.165, 1.54) is 46.9 Å². The lowest BCUT2D eigenvalue weighted by atomic mass is 9.93. The van der Waals surface area contributed by atoms with E-state index in [0.29, 0.717) is 24.1 Å². The van der Waals surface area contributed by atoms with Crippen molar-refractivity contribution in [3.63, 3.8) is 0 Å². The van der Waals surface area contributed by atoms with Crippen molar-refractivity contribution in [2.24, 2.45) is 0 Å². The van der Waals surface area contributed by atoms with Gasteiger partial charge in [-0.05, 0) is 79.9 Å². The van der Waals surface area contributed by atoms with E-state index >= 15 is 0 Å². The monoisotopic (exact) mass is 642 g/mol. The first-order valence-electron chi connectivity index (χ1n) is 14.6. The Morgan fingerprint density at radius 3 is 1.98 bits per heavy atom. The van der Waals surface area contributed by atoms with Gasteiger partial charge in [0, 0.05) is 30.4 Å². The molecule has 230 valence electrons. The minimum atomic E-state index is -4.15. The third-order valence-electron chi connectivity index (χ3n) is 8.70. The second-order valence-electron chi connectivity index (χ2n) is 11.6. The van der Waals surface area contributed by atoms with E-state index < -0.39 is 32.0 Å². The zero-order chi connectivity index (χ0) is 31.5. The van der Waals surface area contributed by atoms with Crippen molar-refractivity contribution in [1.29, 1.82) is 0 Å². The highest BCUT2D eigenvalue weighted by molar-refractivity contribution is 7.90. The molecule has 1 aromatic heterocycles. The highest BCUT2D eigenvalue weighted by Crippen LogP contribution is 2.48. The number of aromatic nitrogens is 2. The van der Waals surface area contributed by atoms with Crippen LogP contribution in [0.15, 0.2) is 113 Å². The number of halogens is 1. The summed E-state index contributed by atoms with van der Waals surface area (Å²) in [6.07, 6.45) is 1.24. The second kappa shape index (κ2) is 11.0. The van der Waals surface area contributed by atoms with Gasteiger partial charge in [0.1, 0.15) is 12.0 Å². The minimum absolute atomic E-state index is 0.0492. The molecule has 8 nitrogen and oxygen atoms in total. The van der Waals surface area contributed by atoms with Gasteiger partial charge in [-0.15, -0.1) is 0 Å². The number of aryl methyl sites for hydroxylation is 2. The maximum absolute atomic E-state index is 14.4. The zero-order valence-corrected chi connectivity index (χ0v) is 26.3. The van der Waals surface area contributed by atoms with Gasteiger partial charge in [-0.25, -0.2) is 12.8 Å². The van der Waals surface area contributed by atoms with Crippen LogP contribution >= 0.6 is 0 Å². The van der Waals surface area contributed by atoms with Crippen LogP contribution in [0.25, 0.3) is 11.3 Å². The lowest BCUT2D eigenvalue weighted by Crippen LogP contribution is -2.37. The number of sulfonamides is 1. The van der Waals surface area contributed by atoms with Gasteiger partial charge in [-0.3, -0.25) is 4.90 Å². The Kier molecular flexibility index (Phi) is 7.24. The molecular weight excluding hydrogens is 612 g/mol. The fourth-order valence-electron chi connectivity index (χ4n) is 6.34. The van der Waals surface area contributed by atoms with Crippen molar-refractivity contribution in [1.82, 2.24) is 18.4 Å². The molecule has 0 aliphatic carbocycles. The third-order valence-corrected chi connectivity index (χ3v) is 12.1. The van der Waals surface area contributed by atoms with Gasteiger partial charge >= 0.3 is 0 Å². The Morgan fingerprint density at radius 1 is 0.733 bits per heavy atom. The number of nitrogens with zero attached hydrogens (tertiary/aromatic N) is 4. The van der Waals surface area contributed by atoms with Crippen LogP contribution in [-0.2, 0) is 26.5 Å². The summed E-state index contributed by atoms with van der Waals surface area (Å²) in [5, 5.41) is 4.57. The average Bonchev–Trinajstić information content (AvgIpc) is 3.65. The molecule has 0 saturated carbocycles. The molecule has 0 radical (unpaired) electrons. The van der Waals surface area contributed by atoms with E-state index in [4.69, 9.17) is 0 Å². The summed E-state index contributed by atoms with van der Waals surface area (Å²) in [5.41, 5.74) is 5.16. The molecule has 2 aliphatic heterocycles. The van der Waals surface area contributed by atoms with Gasteiger partial charge in [0.2, 0.25) is 10.0 Å². The second-order valence-corrected chi connectivity index (χ2v) is 15.3. The number of hydrogen-bond donors (Lipinski definition) is 0. The molecule has 0 spiro atoms. The lowest BCUT2D eigenvalue weighted by Gasteiger charge is -2.35. The molecule has 0 N–H and O–H groups in total. The number of fused-ring (bicyclic) bond motifs is 3. The Balaban J connectivity index is 1.44. The van der Waals surface area contributed by atoms with Crippen LogP contribution in [0.5, 0.6) is 0 Å². The van der Waals surface area contributed by atoms with Crippen LogP contribution in [0.1, 0.15) is 40.0 Å². The normalized spacial score (nSPS) is 18.9. The quantitative estimate of drug-likeness (QED) is 0.231. The predicted molar refractivity (Wildman–Crippen MR) is 169 cm³/mol. The first-order valence-corrected chi connectivity index (χ1v) is 17.5. The van der Waals surface area contributed by atoms with Gasteiger partial charge in [0.25, 0.3) is 10.0 Å². The van der Waals surface area contributed by atoms with Crippen molar-refractivity contribution < 1.29 is 21.2 Å². The first kappa shape index (κ1) is 29.5. The molecule has 3 heterocycles. The maximum atomic E-state index is 14.4. The van der Waals surface area contributed by atoms with Gasteiger partial charge < -0.3 is 0 Å². The van der Waals surface area contributed by atoms with E-state index in [1.54, 1.807) is 36.4 Å². The molecule has 5 aromatic rings. The summed E-state index contributed by atoms with van der Waals surface area (Å²) in [4.78, 5) is 2.31. The summed E-state index contributed by atoms with van der Waals surface area (Å²) >= 11 is 0. The molecule has 1 saturated heterocycles. The molecule has 45 heavy (non-hydrogen) atoms. The topological polar surface area (TPSA) is 92.6 Å². The van der Waals surface area contributed by atoms with E-state index in [9.17, 15) is 21.2 Å². The van der Waals surface area contributed by atoms with Crippen molar-refractivity contribution in [2.45, 2.75) is 42.3 Å². The molecule has 4 aromatic carbocycles. The molecule has 1 fully saturated rings. The zero-order valence-electron chi connectivity index (χ0n) is 24.7. The fraction of sp³-hybridized carbons (Fsp3) is 0.206. The standard InChI is InChI=1S/C34H31FN4O4S2/c1-23-7-15-28(16-8-23)44(40,41)38-22-32-30-6-4-3-5-25(30)19-20-37(32)34(38)31-21-39(36-33(31)26-11-13-27(35)14-12-26)45(42,43)29-17-9-24(2)10-18-29/h3-18,21,32,34H,19-20,22H2,1-2H3. The molecule has 2 unspecified atom stereocenters. The predicted octanol–water partition coefficient (Wildman–Crippen LogP) is 5.85.